The summed E-state index contributed by atoms with van der Waals surface area (Å²) >= 11 is 0. The molecule has 0 aliphatic heterocycles. The number of aliphatic carboxylic acids is 1. The fourth-order valence-electron chi connectivity index (χ4n) is 6.27. The molecule has 0 amide bonds. The number of rotatable bonds is 9. The Morgan fingerprint density at radius 1 is 1.05 bits per heavy atom. The van der Waals surface area contributed by atoms with Crippen LogP contribution in [0, 0.1) is 17.3 Å². The molecular weight excluding hydrogens is 520 g/mol. The van der Waals surface area contributed by atoms with Crippen LogP contribution >= 0.6 is 0 Å². The van der Waals surface area contributed by atoms with E-state index in [1.54, 1.807) is 6.08 Å². The Bertz CT molecular complexity index is 1050. The van der Waals surface area contributed by atoms with Gasteiger partial charge in [-0.15, -0.1) is 0 Å². The van der Waals surface area contributed by atoms with Crippen LogP contribution in [0.5, 0.6) is 0 Å². The number of carboxylic acid groups (broad SMARTS) is 1. The summed E-state index contributed by atoms with van der Waals surface area (Å²) in [5, 5.41) is 19.2. The maximum atomic E-state index is 12.9. The van der Waals surface area contributed by atoms with Gasteiger partial charge >= 0.3 is 23.9 Å². The molecular formula is C30H44O10. The zero-order chi connectivity index (χ0) is 30.5. The molecule has 0 aromatic heterocycles. The van der Waals surface area contributed by atoms with E-state index in [0.717, 1.165) is 0 Å². The van der Waals surface area contributed by atoms with Crippen LogP contribution in [0.3, 0.4) is 0 Å². The molecule has 0 saturated heterocycles. The number of carbonyl (C=O) groups excluding carboxylic acids is 4. The quantitative estimate of drug-likeness (QED) is 0.181. The summed E-state index contributed by atoms with van der Waals surface area (Å²) in [5.74, 6) is -3.22. The van der Waals surface area contributed by atoms with E-state index < -0.39 is 59.4 Å². The van der Waals surface area contributed by atoms with Crippen molar-refractivity contribution in [2.75, 3.05) is 6.61 Å². The lowest BCUT2D eigenvalue weighted by Crippen LogP contribution is -2.45. The maximum absolute atomic E-state index is 12.9. The molecule has 2 aliphatic carbocycles. The van der Waals surface area contributed by atoms with E-state index in [4.69, 9.17) is 19.3 Å². The number of carboxylic acids is 1. The van der Waals surface area contributed by atoms with Crippen molar-refractivity contribution in [1.82, 2.24) is 0 Å². The first-order chi connectivity index (χ1) is 18.4. The molecule has 2 aliphatic rings. The number of ether oxygens (including phenoxy) is 3. The Kier molecular flexibility index (Phi) is 10.9. The molecule has 0 radical (unpaired) electrons. The van der Waals surface area contributed by atoms with Gasteiger partial charge in [0.25, 0.3) is 0 Å². The SMILES string of the molecule is C=C1CC[C@H]2[C@H](C(C)(C)OC(C)=O)CC[C@]2(C)[C@@H](OC(C)=O)/C=C(\COC(=O)C[C@@](C)(O)CC(=O)O)CCC1=O. The van der Waals surface area contributed by atoms with Gasteiger partial charge in [0.1, 0.15) is 18.3 Å². The number of ketones is 1. The number of fused-ring (bicyclic) bond motifs is 1. The van der Waals surface area contributed by atoms with Crippen LogP contribution in [0.25, 0.3) is 0 Å². The van der Waals surface area contributed by atoms with Crippen molar-refractivity contribution in [2.45, 2.75) is 110 Å². The molecule has 1 fully saturated rings. The van der Waals surface area contributed by atoms with Crippen LogP contribution in [-0.4, -0.2) is 63.8 Å². The number of hydrogen-bond donors (Lipinski definition) is 2. The number of carbonyl (C=O) groups is 5. The van der Waals surface area contributed by atoms with Crippen molar-refractivity contribution >= 4 is 29.7 Å². The van der Waals surface area contributed by atoms with Gasteiger partial charge in [-0.2, -0.15) is 0 Å². The van der Waals surface area contributed by atoms with Gasteiger partial charge in [-0.3, -0.25) is 24.0 Å². The van der Waals surface area contributed by atoms with Gasteiger partial charge in [0.15, 0.2) is 5.78 Å². The van der Waals surface area contributed by atoms with Gasteiger partial charge < -0.3 is 24.4 Å². The Morgan fingerprint density at radius 2 is 1.70 bits per heavy atom. The summed E-state index contributed by atoms with van der Waals surface area (Å²) in [4.78, 5) is 60.5. The van der Waals surface area contributed by atoms with Gasteiger partial charge in [0.05, 0.1) is 18.4 Å². The molecule has 10 nitrogen and oxygen atoms in total. The smallest absolute Gasteiger partial charge is 0.309 e. The third-order valence-electron chi connectivity index (χ3n) is 8.26. The highest BCUT2D eigenvalue weighted by molar-refractivity contribution is 5.94. The third kappa shape index (κ3) is 9.01. The first-order valence-electron chi connectivity index (χ1n) is 13.7. The summed E-state index contributed by atoms with van der Waals surface area (Å²) in [6.45, 7) is 13.5. The molecule has 0 heterocycles. The monoisotopic (exact) mass is 564 g/mol. The predicted octanol–water partition coefficient (Wildman–Crippen LogP) is 4.08. The van der Waals surface area contributed by atoms with E-state index in [1.165, 1.54) is 20.8 Å². The lowest BCUT2D eigenvalue weighted by Gasteiger charge is -2.43. The van der Waals surface area contributed by atoms with Gasteiger partial charge in [0, 0.05) is 31.6 Å². The second-order valence-corrected chi connectivity index (χ2v) is 12.3. The lowest BCUT2D eigenvalue weighted by atomic mass is 9.67. The Hall–Kier alpha value is -3.01. The molecule has 5 atom stereocenters. The highest BCUT2D eigenvalue weighted by atomic mass is 16.6. The fourth-order valence-corrected chi connectivity index (χ4v) is 6.27. The summed E-state index contributed by atoms with van der Waals surface area (Å²) in [7, 11) is 0. The lowest BCUT2D eigenvalue weighted by molar-refractivity contribution is -0.163. The number of aliphatic hydroxyl groups is 1. The molecule has 0 aromatic rings. The Labute approximate surface area is 236 Å². The first-order valence-corrected chi connectivity index (χ1v) is 13.7. The zero-order valence-electron chi connectivity index (χ0n) is 24.5. The highest BCUT2D eigenvalue weighted by Gasteiger charge is 2.55. The number of hydrogen-bond acceptors (Lipinski definition) is 9. The summed E-state index contributed by atoms with van der Waals surface area (Å²) in [5.41, 5.74) is -2.13. The third-order valence-corrected chi connectivity index (χ3v) is 8.26. The first kappa shape index (κ1) is 33.2. The minimum absolute atomic E-state index is 0.0748. The summed E-state index contributed by atoms with van der Waals surface area (Å²) in [6, 6.07) is 0. The molecule has 2 rings (SSSR count). The predicted molar refractivity (Wildman–Crippen MR) is 145 cm³/mol. The summed E-state index contributed by atoms with van der Waals surface area (Å²) < 4.78 is 17.0. The minimum Gasteiger partial charge on any atom is -0.481 e. The Balaban J connectivity index is 2.45. The summed E-state index contributed by atoms with van der Waals surface area (Å²) in [6.07, 6.45) is 2.64. The van der Waals surface area contributed by atoms with E-state index in [2.05, 4.69) is 6.58 Å². The molecule has 2 N–H and O–H groups in total. The van der Waals surface area contributed by atoms with E-state index in [9.17, 15) is 29.1 Å². The molecule has 1 saturated carbocycles. The minimum atomic E-state index is -1.78. The van der Waals surface area contributed by atoms with Crippen LogP contribution in [-0.2, 0) is 38.2 Å². The van der Waals surface area contributed by atoms with Crippen LogP contribution in [0.4, 0.5) is 0 Å². The largest absolute Gasteiger partial charge is 0.481 e. The van der Waals surface area contributed by atoms with Gasteiger partial charge in [-0.25, -0.2) is 0 Å². The second kappa shape index (κ2) is 13.1. The van der Waals surface area contributed by atoms with Crippen LogP contribution < -0.4 is 0 Å². The number of Topliss-reactive ketones (excluding diaryl/α,β-unsaturated/α-hetero) is 1. The number of allylic oxidation sites excluding steroid dienone is 1. The topological polar surface area (TPSA) is 154 Å². The molecule has 224 valence electrons. The van der Waals surface area contributed by atoms with Gasteiger partial charge in [-0.05, 0) is 76.0 Å². The highest BCUT2D eigenvalue weighted by Crippen LogP contribution is 2.56. The molecule has 0 bridgehead atoms. The van der Waals surface area contributed by atoms with Gasteiger partial charge in [-0.1, -0.05) is 13.5 Å². The molecule has 0 unspecified atom stereocenters. The van der Waals surface area contributed by atoms with Crippen molar-refractivity contribution in [3.63, 3.8) is 0 Å². The Morgan fingerprint density at radius 3 is 2.27 bits per heavy atom. The standard InChI is InChI=1S/C30H44O10/c1-18-8-10-23-22(28(4,5)40-20(3)32)12-13-30(23,7)25(39-19(2)31)14-21(9-11-24(18)33)17-38-27(36)16-29(6,37)15-26(34)35/h14,22-23,25,37H,1,8-13,15-17H2,2-7H3,(H,34,35)/b21-14-/t22-,23+,25+,29+,30+/m1/s1. The van der Waals surface area contributed by atoms with E-state index >= 15 is 0 Å². The van der Waals surface area contributed by atoms with Crippen LogP contribution in [0.2, 0.25) is 0 Å². The van der Waals surface area contributed by atoms with Crippen molar-refractivity contribution in [1.29, 1.82) is 0 Å². The normalized spacial score (nSPS) is 28.7. The average Bonchev–Trinajstić information content (AvgIpc) is 3.13. The molecule has 40 heavy (non-hydrogen) atoms. The average molecular weight is 565 g/mol. The van der Waals surface area contributed by atoms with Crippen molar-refractivity contribution < 1.29 is 48.4 Å². The van der Waals surface area contributed by atoms with Crippen molar-refractivity contribution in [3.05, 3.63) is 23.8 Å². The maximum Gasteiger partial charge on any atom is 0.309 e. The number of esters is 3. The van der Waals surface area contributed by atoms with Crippen LogP contribution in [0.15, 0.2) is 23.8 Å². The molecule has 10 heteroatoms. The molecule has 0 aromatic carbocycles. The van der Waals surface area contributed by atoms with Crippen molar-refractivity contribution in [3.8, 4) is 0 Å². The zero-order valence-corrected chi connectivity index (χ0v) is 24.5. The van der Waals surface area contributed by atoms with E-state index in [-0.39, 0.29) is 37.1 Å². The van der Waals surface area contributed by atoms with E-state index in [0.29, 0.717) is 36.8 Å². The van der Waals surface area contributed by atoms with E-state index in [1.807, 2.05) is 20.8 Å². The van der Waals surface area contributed by atoms with Crippen LogP contribution in [0.1, 0.15) is 92.9 Å². The second-order valence-electron chi connectivity index (χ2n) is 12.3. The molecule has 0 spiro atoms. The fraction of sp³-hybridized carbons (Fsp3) is 0.700. The van der Waals surface area contributed by atoms with Crippen molar-refractivity contribution in [2.24, 2.45) is 17.3 Å². The van der Waals surface area contributed by atoms with Gasteiger partial charge in [0.2, 0.25) is 0 Å².